The Kier molecular flexibility index (Phi) is 7.72. The molecule has 27 heavy (non-hydrogen) atoms. The molecule has 2 aromatic rings. The normalized spacial score (nSPS) is 11.7. The van der Waals surface area contributed by atoms with Gasteiger partial charge in [0.25, 0.3) is 0 Å². The smallest absolute Gasteiger partial charge is 0.314 e. The van der Waals surface area contributed by atoms with Crippen molar-refractivity contribution in [3.05, 3.63) is 69.7 Å². The van der Waals surface area contributed by atoms with Crippen LogP contribution in [0.3, 0.4) is 0 Å². The van der Waals surface area contributed by atoms with Crippen LogP contribution in [0.25, 0.3) is 0 Å². The molecule has 144 valence electrons. The first-order chi connectivity index (χ1) is 12.8. The van der Waals surface area contributed by atoms with Gasteiger partial charge in [-0.15, -0.1) is 0 Å². The fourth-order valence-electron chi connectivity index (χ4n) is 2.50. The van der Waals surface area contributed by atoms with Crippen LogP contribution in [0.4, 0.5) is 13.6 Å². The Balaban J connectivity index is 1.79. The van der Waals surface area contributed by atoms with Gasteiger partial charge in [0.2, 0.25) is 5.91 Å². The van der Waals surface area contributed by atoms with Crippen molar-refractivity contribution in [1.29, 1.82) is 0 Å². The third-order valence-corrected chi connectivity index (χ3v) is 4.49. The summed E-state index contributed by atoms with van der Waals surface area (Å²) in [5.74, 6) is -1.89. The van der Waals surface area contributed by atoms with Crippen LogP contribution in [0.5, 0.6) is 0 Å². The number of amides is 3. The highest BCUT2D eigenvalue weighted by atomic mass is 79.9. The highest BCUT2D eigenvalue weighted by Crippen LogP contribution is 2.15. The number of carbonyl (C=O) groups excluding carboxylic acids is 2. The molecule has 8 heteroatoms. The van der Waals surface area contributed by atoms with E-state index >= 15 is 0 Å². The first-order valence-corrected chi connectivity index (χ1v) is 9.14. The topological polar surface area (TPSA) is 84.2 Å². The quantitative estimate of drug-likeness (QED) is 0.590. The Hall–Kier alpha value is -2.48. The second-order valence-electron chi connectivity index (χ2n) is 6.05. The van der Waals surface area contributed by atoms with E-state index in [1.807, 2.05) is 0 Å². The lowest BCUT2D eigenvalue weighted by atomic mass is 9.98. The van der Waals surface area contributed by atoms with Crippen LogP contribution < -0.4 is 16.4 Å². The Morgan fingerprint density at radius 3 is 2.44 bits per heavy atom. The van der Waals surface area contributed by atoms with Gasteiger partial charge in [-0.1, -0.05) is 28.1 Å². The zero-order valence-electron chi connectivity index (χ0n) is 14.5. The van der Waals surface area contributed by atoms with Gasteiger partial charge in [-0.2, -0.15) is 0 Å². The Morgan fingerprint density at radius 1 is 1.07 bits per heavy atom. The molecule has 0 aliphatic rings. The molecule has 2 rings (SSSR count). The van der Waals surface area contributed by atoms with Gasteiger partial charge >= 0.3 is 6.03 Å². The van der Waals surface area contributed by atoms with E-state index in [2.05, 4.69) is 26.6 Å². The number of rotatable bonds is 8. The van der Waals surface area contributed by atoms with Crippen molar-refractivity contribution >= 4 is 27.9 Å². The van der Waals surface area contributed by atoms with E-state index in [0.717, 1.165) is 10.0 Å². The van der Waals surface area contributed by atoms with Gasteiger partial charge in [-0.3, -0.25) is 4.79 Å². The predicted molar refractivity (Wildman–Crippen MR) is 102 cm³/mol. The molecule has 2 aromatic carbocycles. The number of nitrogens with one attached hydrogen (secondary N) is 2. The third kappa shape index (κ3) is 6.97. The summed E-state index contributed by atoms with van der Waals surface area (Å²) >= 11 is 3.27. The van der Waals surface area contributed by atoms with Crippen molar-refractivity contribution in [3.63, 3.8) is 0 Å². The number of urea groups is 1. The van der Waals surface area contributed by atoms with E-state index in [-0.39, 0.29) is 24.7 Å². The molecule has 0 heterocycles. The molecule has 1 atom stereocenters. The highest BCUT2D eigenvalue weighted by Gasteiger charge is 2.17. The largest absolute Gasteiger partial charge is 0.369 e. The maximum absolute atomic E-state index is 13.6. The van der Waals surface area contributed by atoms with Crippen molar-refractivity contribution in [2.24, 2.45) is 11.7 Å². The number of hydrogen-bond acceptors (Lipinski definition) is 2. The Labute approximate surface area is 164 Å². The molecule has 1 unspecified atom stereocenters. The van der Waals surface area contributed by atoms with Gasteiger partial charge in [0.1, 0.15) is 11.6 Å². The minimum atomic E-state index is -0.622. The molecule has 3 amide bonds. The Morgan fingerprint density at radius 2 is 1.78 bits per heavy atom. The van der Waals surface area contributed by atoms with E-state index < -0.39 is 17.9 Å². The van der Waals surface area contributed by atoms with Gasteiger partial charge in [0.05, 0.1) is 5.92 Å². The van der Waals surface area contributed by atoms with Crippen LogP contribution in [-0.2, 0) is 17.6 Å². The van der Waals surface area contributed by atoms with Crippen LogP contribution in [0, 0.1) is 17.6 Å². The molecule has 0 aliphatic carbocycles. The second-order valence-corrected chi connectivity index (χ2v) is 6.97. The first-order valence-electron chi connectivity index (χ1n) is 8.34. The average molecular weight is 440 g/mol. The summed E-state index contributed by atoms with van der Waals surface area (Å²) in [6.45, 7) is 0.280. The Bertz CT molecular complexity index is 800. The van der Waals surface area contributed by atoms with Crippen LogP contribution in [-0.4, -0.2) is 25.0 Å². The zero-order chi connectivity index (χ0) is 19.8. The molecule has 0 aromatic heterocycles. The van der Waals surface area contributed by atoms with Gasteiger partial charge in [-0.25, -0.2) is 13.6 Å². The molecule has 0 aliphatic heterocycles. The predicted octanol–water partition coefficient (Wildman–Crippen LogP) is 2.91. The maximum Gasteiger partial charge on any atom is 0.314 e. The monoisotopic (exact) mass is 439 g/mol. The molecule has 0 radical (unpaired) electrons. The summed E-state index contributed by atoms with van der Waals surface area (Å²) in [6.07, 6.45) is 0.618. The van der Waals surface area contributed by atoms with Crippen molar-refractivity contribution in [1.82, 2.24) is 10.6 Å². The van der Waals surface area contributed by atoms with Gasteiger partial charge in [-0.05, 0) is 54.3 Å². The van der Waals surface area contributed by atoms with Gasteiger partial charge in [0, 0.05) is 17.6 Å². The third-order valence-electron chi connectivity index (χ3n) is 3.99. The van der Waals surface area contributed by atoms with E-state index in [4.69, 9.17) is 5.73 Å². The standard InChI is InChI=1S/C19H20BrF2N3O2/c20-15-3-6-17(22)13(10-15)7-8-24-19(27)25-11-14(18(23)26)9-12-1-4-16(21)5-2-12/h1-6,10,14H,7-9,11H2,(H2,23,26)(H2,24,25,27). The second kappa shape index (κ2) is 10.0. The minimum Gasteiger partial charge on any atom is -0.369 e. The van der Waals surface area contributed by atoms with Crippen molar-refractivity contribution in [3.8, 4) is 0 Å². The molecule has 0 saturated heterocycles. The molecule has 0 fully saturated rings. The molecule has 5 nitrogen and oxygen atoms in total. The fraction of sp³-hybridized carbons (Fsp3) is 0.263. The summed E-state index contributed by atoms with van der Waals surface area (Å²) in [6, 6.07) is 9.87. The van der Waals surface area contributed by atoms with E-state index in [9.17, 15) is 18.4 Å². The average Bonchev–Trinajstić information content (AvgIpc) is 2.63. The summed E-state index contributed by atoms with van der Waals surface area (Å²) in [7, 11) is 0. The van der Waals surface area contributed by atoms with Gasteiger partial charge in [0.15, 0.2) is 0 Å². The van der Waals surface area contributed by atoms with Crippen molar-refractivity contribution in [2.45, 2.75) is 12.8 Å². The highest BCUT2D eigenvalue weighted by molar-refractivity contribution is 9.10. The number of hydrogen-bond donors (Lipinski definition) is 3. The zero-order valence-corrected chi connectivity index (χ0v) is 16.1. The molecule has 0 bridgehead atoms. The number of carbonyl (C=O) groups is 2. The van der Waals surface area contributed by atoms with E-state index in [1.54, 1.807) is 24.3 Å². The molecule has 4 N–H and O–H groups in total. The summed E-state index contributed by atoms with van der Waals surface area (Å²) < 4.78 is 27.3. The van der Waals surface area contributed by atoms with Crippen molar-refractivity contribution < 1.29 is 18.4 Å². The number of nitrogens with two attached hydrogens (primary N) is 1. The van der Waals surface area contributed by atoms with Gasteiger partial charge < -0.3 is 16.4 Å². The van der Waals surface area contributed by atoms with Crippen LogP contribution in [0.15, 0.2) is 46.9 Å². The van der Waals surface area contributed by atoms with E-state index in [0.29, 0.717) is 18.4 Å². The molecule has 0 spiro atoms. The number of primary amides is 1. The van der Waals surface area contributed by atoms with Crippen LogP contribution in [0.2, 0.25) is 0 Å². The first kappa shape index (κ1) is 20.8. The van der Waals surface area contributed by atoms with Crippen LogP contribution >= 0.6 is 15.9 Å². The summed E-state index contributed by atoms with van der Waals surface area (Å²) in [5.41, 5.74) is 6.60. The lowest BCUT2D eigenvalue weighted by molar-refractivity contribution is -0.121. The summed E-state index contributed by atoms with van der Waals surface area (Å²) in [5, 5.41) is 5.19. The summed E-state index contributed by atoms with van der Waals surface area (Å²) in [4.78, 5) is 23.5. The van der Waals surface area contributed by atoms with Crippen LogP contribution in [0.1, 0.15) is 11.1 Å². The number of benzene rings is 2. The van der Waals surface area contributed by atoms with Crippen molar-refractivity contribution in [2.75, 3.05) is 13.1 Å². The SMILES string of the molecule is NC(=O)C(CNC(=O)NCCc1cc(Br)ccc1F)Cc1ccc(F)cc1. The number of halogens is 3. The maximum atomic E-state index is 13.6. The lowest BCUT2D eigenvalue weighted by Gasteiger charge is -2.15. The fourth-order valence-corrected chi connectivity index (χ4v) is 2.91. The molecular formula is C19H20BrF2N3O2. The minimum absolute atomic E-state index is 0.0454. The molecule has 0 saturated carbocycles. The lowest BCUT2D eigenvalue weighted by Crippen LogP contribution is -2.42. The van der Waals surface area contributed by atoms with E-state index in [1.165, 1.54) is 18.2 Å². The molecular weight excluding hydrogens is 420 g/mol.